The number of oxime groups is 1. The molecule has 4 aromatic rings. The number of aliphatic carboxylic acids is 1. The fraction of sp³-hybridized carbons (Fsp3) is 0.115. The number of thioether (sulfide) groups is 1. The zero-order chi connectivity index (χ0) is 23.8. The fourth-order valence-corrected chi connectivity index (χ4v) is 4.63. The number of hydrogen-bond donors (Lipinski definition) is 2. The molecule has 0 aliphatic heterocycles. The summed E-state index contributed by atoms with van der Waals surface area (Å²) in [6.07, 6.45) is 1.84. The largest absolute Gasteiger partial charge is 0.476 e. The number of carboxylic acid groups (broad SMARTS) is 1. The molecule has 0 saturated heterocycles. The number of hydrogen-bond acceptors (Lipinski definition) is 7. The summed E-state index contributed by atoms with van der Waals surface area (Å²) < 4.78 is 0. The minimum atomic E-state index is -1.20. The van der Waals surface area contributed by atoms with E-state index in [2.05, 4.69) is 51.9 Å². The van der Waals surface area contributed by atoms with Crippen LogP contribution in [0.25, 0.3) is 0 Å². The first-order valence-electron chi connectivity index (χ1n) is 10.5. The van der Waals surface area contributed by atoms with Gasteiger partial charge in [0.2, 0.25) is 5.71 Å². The van der Waals surface area contributed by atoms with Gasteiger partial charge < -0.3 is 15.3 Å². The van der Waals surface area contributed by atoms with Crippen molar-refractivity contribution in [2.45, 2.75) is 5.54 Å². The van der Waals surface area contributed by atoms with Crippen LogP contribution in [0.4, 0.5) is 5.13 Å². The lowest BCUT2D eigenvalue weighted by Gasteiger charge is -2.36. The lowest BCUT2D eigenvalue weighted by molar-refractivity contribution is -0.129. The molecule has 0 saturated carbocycles. The van der Waals surface area contributed by atoms with Crippen molar-refractivity contribution in [1.29, 1.82) is 0 Å². The maximum atomic E-state index is 11.8. The molecule has 1 aromatic heterocycles. The molecule has 3 aromatic carbocycles. The number of carbonyl (C=O) groups is 1. The normalized spacial score (nSPS) is 11.7. The molecule has 172 valence electrons. The van der Waals surface area contributed by atoms with E-state index in [1.54, 1.807) is 5.38 Å². The SMILES string of the molecule is CSCON=C(C(=O)O)c1csc(NC(c2ccccc2)(c2ccccc2)c2ccccc2)n1. The monoisotopic (exact) mass is 489 g/mol. The van der Waals surface area contributed by atoms with Gasteiger partial charge in [0.1, 0.15) is 11.2 Å². The van der Waals surface area contributed by atoms with Gasteiger partial charge in [0.05, 0.1) is 0 Å². The first-order valence-corrected chi connectivity index (χ1v) is 12.8. The van der Waals surface area contributed by atoms with Crippen LogP contribution in [0, 0.1) is 0 Å². The van der Waals surface area contributed by atoms with Crippen LogP contribution in [0.2, 0.25) is 0 Å². The van der Waals surface area contributed by atoms with Crippen molar-refractivity contribution in [2.75, 3.05) is 17.5 Å². The quantitative estimate of drug-likeness (QED) is 0.0981. The molecule has 0 unspecified atom stereocenters. The highest BCUT2D eigenvalue weighted by Crippen LogP contribution is 2.40. The third-order valence-electron chi connectivity index (χ3n) is 5.19. The van der Waals surface area contributed by atoms with Gasteiger partial charge >= 0.3 is 5.97 Å². The van der Waals surface area contributed by atoms with E-state index in [-0.39, 0.29) is 17.3 Å². The molecule has 2 N–H and O–H groups in total. The van der Waals surface area contributed by atoms with Gasteiger partial charge in [-0.3, -0.25) is 0 Å². The summed E-state index contributed by atoms with van der Waals surface area (Å²) in [6, 6.07) is 30.4. The average molecular weight is 490 g/mol. The molecule has 0 aliphatic rings. The Hall–Kier alpha value is -3.62. The van der Waals surface area contributed by atoms with Gasteiger partial charge in [0, 0.05) is 5.38 Å². The Morgan fingerprint density at radius 1 is 0.971 bits per heavy atom. The Kier molecular flexibility index (Phi) is 7.61. The smallest absolute Gasteiger partial charge is 0.360 e. The van der Waals surface area contributed by atoms with Crippen molar-refractivity contribution in [2.24, 2.45) is 5.16 Å². The van der Waals surface area contributed by atoms with Gasteiger partial charge in [-0.05, 0) is 22.9 Å². The highest BCUT2D eigenvalue weighted by Gasteiger charge is 2.37. The molecule has 0 fully saturated rings. The van der Waals surface area contributed by atoms with Crippen LogP contribution < -0.4 is 5.32 Å². The van der Waals surface area contributed by atoms with E-state index in [1.807, 2.05) is 60.9 Å². The second kappa shape index (κ2) is 11.0. The summed E-state index contributed by atoms with van der Waals surface area (Å²) in [7, 11) is 0. The summed E-state index contributed by atoms with van der Waals surface area (Å²) in [5, 5.41) is 19.3. The predicted octanol–water partition coefficient (Wildman–Crippen LogP) is 5.67. The van der Waals surface area contributed by atoms with Gasteiger partial charge in [-0.1, -0.05) is 96.2 Å². The number of rotatable bonds is 10. The first kappa shape index (κ1) is 23.5. The van der Waals surface area contributed by atoms with E-state index in [0.717, 1.165) is 16.7 Å². The molecule has 0 bridgehead atoms. The molecular weight excluding hydrogens is 466 g/mol. The molecule has 34 heavy (non-hydrogen) atoms. The van der Waals surface area contributed by atoms with Crippen molar-refractivity contribution < 1.29 is 14.7 Å². The molecule has 4 rings (SSSR count). The van der Waals surface area contributed by atoms with E-state index >= 15 is 0 Å². The number of nitrogens with zero attached hydrogens (tertiary/aromatic N) is 2. The summed E-state index contributed by atoms with van der Waals surface area (Å²) in [5.41, 5.74) is 2.33. The Bertz CT molecular complexity index is 1150. The summed E-state index contributed by atoms with van der Waals surface area (Å²) in [6.45, 7) is 0. The van der Waals surface area contributed by atoms with Gasteiger partial charge in [-0.2, -0.15) is 0 Å². The Labute approximate surface area is 206 Å². The van der Waals surface area contributed by atoms with Crippen molar-refractivity contribution in [3.05, 3.63) is 119 Å². The van der Waals surface area contributed by atoms with E-state index in [0.29, 0.717) is 5.13 Å². The van der Waals surface area contributed by atoms with Gasteiger partial charge in [-0.15, -0.1) is 23.1 Å². The zero-order valence-electron chi connectivity index (χ0n) is 18.4. The van der Waals surface area contributed by atoms with Crippen LogP contribution in [0.5, 0.6) is 0 Å². The fourth-order valence-electron chi connectivity index (χ4n) is 3.72. The molecule has 0 radical (unpaired) electrons. The second-order valence-electron chi connectivity index (χ2n) is 7.29. The minimum Gasteiger partial charge on any atom is -0.476 e. The van der Waals surface area contributed by atoms with E-state index in [1.165, 1.54) is 23.1 Å². The molecule has 0 amide bonds. The van der Waals surface area contributed by atoms with Crippen molar-refractivity contribution in [3.63, 3.8) is 0 Å². The maximum Gasteiger partial charge on any atom is 0.360 e. The topological polar surface area (TPSA) is 83.8 Å². The Morgan fingerprint density at radius 2 is 1.47 bits per heavy atom. The van der Waals surface area contributed by atoms with E-state index < -0.39 is 11.5 Å². The maximum absolute atomic E-state index is 11.8. The highest BCUT2D eigenvalue weighted by molar-refractivity contribution is 7.98. The number of benzene rings is 3. The summed E-state index contributed by atoms with van der Waals surface area (Å²) >= 11 is 2.72. The van der Waals surface area contributed by atoms with E-state index in [9.17, 15) is 9.90 Å². The van der Waals surface area contributed by atoms with Crippen LogP contribution in [0.1, 0.15) is 22.4 Å². The average Bonchev–Trinajstić information content (AvgIpc) is 3.34. The van der Waals surface area contributed by atoms with Crippen molar-refractivity contribution in [3.8, 4) is 0 Å². The molecule has 0 atom stereocenters. The number of nitrogens with one attached hydrogen (secondary N) is 1. The molecule has 0 aliphatic carbocycles. The number of carboxylic acids is 1. The molecule has 8 heteroatoms. The van der Waals surface area contributed by atoms with Crippen LogP contribution in [0.3, 0.4) is 0 Å². The van der Waals surface area contributed by atoms with Crippen LogP contribution in [-0.4, -0.2) is 34.0 Å². The molecule has 1 heterocycles. The van der Waals surface area contributed by atoms with Crippen LogP contribution in [-0.2, 0) is 15.2 Å². The van der Waals surface area contributed by atoms with Crippen LogP contribution in [0.15, 0.2) is 102 Å². The van der Waals surface area contributed by atoms with Crippen molar-refractivity contribution >= 4 is 39.9 Å². The van der Waals surface area contributed by atoms with Crippen molar-refractivity contribution in [1.82, 2.24) is 4.98 Å². The molecule has 6 nitrogen and oxygen atoms in total. The number of thiazole rings is 1. The molecule has 0 spiro atoms. The highest BCUT2D eigenvalue weighted by atomic mass is 32.2. The second-order valence-corrected chi connectivity index (χ2v) is 8.96. The third-order valence-corrected chi connectivity index (χ3v) is 6.29. The Morgan fingerprint density at radius 3 is 1.91 bits per heavy atom. The summed E-state index contributed by atoms with van der Waals surface area (Å²) in [4.78, 5) is 21.5. The van der Waals surface area contributed by atoms with Gasteiger partial charge in [0.25, 0.3) is 0 Å². The first-order chi connectivity index (χ1) is 16.6. The minimum absolute atomic E-state index is 0.233. The lowest BCUT2D eigenvalue weighted by Crippen LogP contribution is -2.38. The lowest BCUT2D eigenvalue weighted by atomic mass is 9.77. The third kappa shape index (κ3) is 4.98. The standard InChI is InChI=1S/C26H23N3O3S2/c1-33-18-32-29-23(24(30)31)22-17-34-25(27-22)28-26(19-11-5-2-6-12-19,20-13-7-3-8-14-20)21-15-9-4-10-16-21/h2-17H,18H2,1H3,(H,27,28)(H,30,31). The van der Waals surface area contributed by atoms with Crippen LogP contribution >= 0.6 is 23.1 Å². The number of aromatic nitrogens is 1. The molecular formula is C26H23N3O3S2. The summed E-state index contributed by atoms with van der Waals surface area (Å²) in [5.74, 6) is -0.941. The van der Waals surface area contributed by atoms with E-state index in [4.69, 9.17) is 4.84 Å². The van der Waals surface area contributed by atoms with Gasteiger partial charge in [0.15, 0.2) is 11.1 Å². The number of anilines is 1. The zero-order valence-corrected chi connectivity index (χ0v) is 20.1. The van der Waals surface area contributed by atoms with Gasteiger partial charge in [-0.25, -0.2) is 9.78 Å². The Balaban J connectivity index is 1.84. The predicted molar refractivity (Wildman–Crippen MR) is 139 cm³/mol.